The second kappa shape index (κ2) is 11.2. The monoisotopic (exact) mass is 525 g/mol. The second-order valence-corrected chi connectivity index (χ2v) is 12.5. The Balaban J connectivity index is 1.76. The van der Waals surface area contributed by atoms with Crippen LogP contribution in [0.1, 0.15) is 69.9 Å². The van der Waals surface area contributed by atoms with Crippen LogP contribution in [0.4, 0.5) is 0 Å². The van der Waals surface area contributed by atoms with E-state index in [9.17, 15) is 10.1 Å². The maximum Gasteiger partial charge on any atom is 0.150 e. The molecule has 0 aliphatic carbocycles. The number of benzene rings is 2. The highest BCUT2D eigenvalue weighted by atomic mass is 35.5. The minimum atomic E-state index is -0.947. The van der Waals surface area contributed by atoms with Crippen molar-refractivity contribution in [1.29, 1.82) is 5.26 Å². The molecule has 192 valence electrons. The lowest BCUT2D eigenvalue weighted by Crippen LogP contribution is -2.44. The SMILES string of the molecule is CC(C)(C)C[C@@H]1N[C@@H](C(=O)CCCN2CCCC2)[C@H](c2cccc(Cl)c2)[C@@]1(C#N)c1ccc(Cl)cc1. The summed E-state index contributed by atoms with van der Waals surface area (Å²) in [6.45, 7) is 9.74. The molecule has 2 saturated heterocycles. The summed E-state index contributed by atoms with van der Waals surface area (Å²) >= 11 is 12.7. The lowest BCUT2D eigenvalue weighted by Gasteiger charge is -2.37. The van der Waals surface area contributed by atoms with Gasteiger partial charge in [0.25, 0.3) is 0 Å². The largest absolute Gasteiger partial charge is 0.303 e. The molecule has 4 nitrogen and oxygen atoms in total. The van der Waals surface area contributed by atoms with Crippen LogP contribution in [-0.2, 0) is 10.2 Å². The highest BCUT2D eigenvalue weighted by Crippen LogP contribution is 2.51. The first-order valence-electron chi connectivity index (χ1n) is 13.1. The highest BCUT2D eigenvalue weighted by molar-refractivity contribution is 6.30. The van der Waals surface area contributed by atoms with Gasteiger partial charge in [-0.2, -0.15) is 5.26 Å². The van der Waals surface area contributed by atoms with Crippen molar-refractivity contribution in [3.8, 4) is 6.07 Å². The summed E-state index contributed by atoms with van der Waals surface area (Å²) in [5.41, 5.74) is 0.811. The van der Waals surface area contributed by atoms with Gasteiger partial charge in [0.05, 0.1) is 12.1 Å². The number of likely N-dealkylation sites (tertiary alicyclic amines) is 1. The second-order valence-electron chi connectivity index (χ2n) is 11.6. The number of carbonyl (C=O) groups excluding carboxylic acids is 1. The predicted molar refractivity (Wildman–Crippen MR) is 148 cm³/mol. The van der Waals surface area contributed by atoms with E-state index in [1.165, 1.54) is 12.8 Å². The van der Waals surface area contributed by atoms with Crippen molar-refractivity contribution in [2.75, 3.05) is 19.6 Å². The molecule has 4 rings (SSSR count). The number of Topliss-reactive ketones (excluding diaryl/α,β-unsaturated/α-hetero) is 1. The summed E-state index contributed by atoms with van der Waals surface area (Å²) in [5.74, 6) is -0.196. The minimum Gasteiger partial charge on any atom is -0.303 e. The Kier molecular flexibility index (Phi) is 8.47. The molecule has 0 spiro atoms. The molecular weight excluding hydrogens is 489 g/mol. The van der Waals surface area contributed by atoms with Crippen LogP contribution in [0.25, 0.3) is 0 Å². The van der Waals surface area contributed by atoms with Gasteiger partial charge in [0.1, 0.15) is 5.41 Å². The third kappa shape index (κ3) is 5.81. The van der Waals surface area contributed by atoms with E-state index in [2.05, 4.69) is 37.1 Å². The molecule has 0 radical (unpaired) electrons. The Morgan fingerprint density at radius 1 is 1.11 bits per heavy atom. The van der Waals surface area contributed by atoms with Gasteiger partial charge in [-0.1, -0.05) is 68.2 Å². The van der Waals surface area contributed by atoms with Gasteiger partial charge in [0, 0.05) is 28.4 Å². The van der Waals surface area contributed by atoms with Crippen LogP contribution in [0.5, 0.6) is 0 Å². The number of nitriles is 1. The summed E-state index contributed by atoms with van der Waals surface area (Å²) in [6.07, 6.45) is 4.57. The number of hydrogen-bond donors (Lipinski definition) is 1. The number of carbonyl (C=O) groups is 1. The molecule has 2 aliphatic heterocycles. The first-order valence-corrected chi connectivity index (χ1v) is 13.8. The van der Waals surface area contributed by atoms with Crippen molar-refractivity contribution in [3.63, 3.8) is 0 Å². The van der Waals surface area contributed by atoms with E-state index in [0.29, 0.717) is 16.5 Å². The van der Waals surface area contributed by atoms with Crippen LogP contribution < -0.4 is 5.32 Å². The molecule has 0 unspecified atom stereocenters. The fraction of sp³-hybridized carbons (Fsp3) is 0.533. The molecule has 2 aromatic rings. The molecule has 0 amide bonds. The maximum absolute atomic E-state index is 13.8. The summed E-state index contributed by atoms with van der Waals surface area (Å²) < 4.78 is 0. The number of rotatable bonds is 8. The normalized spacial score (nSPS) is 26.7. The fourth-order valence-corrected chi connectivity index (χ4v) is 6.47. The van der Waals surface area contributed by atoms with Crippen molar-refractivity contribution >= 4 is 29.0 Å². The van der Waals surface area contributed by atoms with E-state index in [0.717, 1.165) is 43.6 Å². The van der Waals surface area contributed by atoms with Crippen LogP contribution in [0.15, 0.2) is 48.5 Å². The van der Waals surface area contributed by atoms with Crippen molar-refractivity contribution in [1.82, 2.24) is 10.2 Å². The van der Waals surface area contributed by atoms with Crippen LogP contribution in [0.2, 0.25) is 10.0 Å². The molecule has 2 aromatic carbocycles. The zero-order chi connectivity index (χ0) is 25.9. The molecule has 2 fully saturated rings. The van der Waals surface area contributed by atoms with Crippen molar-refractivity contribution in [2.24, 2.45) is 5.41 Å². The van der Waals surface area contributed by atoms with Gasteiger partial charge in [-0.15, -0.1) is 0 Å². The van der Waals surface area contributed by atoms with Crippen LogP contribution in [-0.4, -0.2) is 42.4 Å². The first-order chi connectivity index (χ1) is 17.1. The van der Waals surface area contributed by atoms with E-state index in [4.69, 9.17) is 23.2 Å². The molecule has 2 heterocycles. The molecular formula is C30H37Cl2N3O. The molecule has 0 saturated carbocycles. The third-order valence-corrected chi connectivity index (χ3v) is 8.22. The topological polar surface area (TPSA) is 56.1 Å². The average Bonchev–Trinajstić information content (AvgIpc) is 3.45. The zero-order valence-electron chi connectivity index (χ0n) is 21.6. The quantitative estimate of drug-likeness (QED) is 0.413. The number of ketones is 1. The van der Waals surface area contributed by atoms with Crippen LogP contribution in [0, 0.1) is 16.7 Å². The Hall–Kier alpha value is -1.90. The fourth-order valence-electron chi connectivity index (χ4n) is 6.15. The Labute approximate surface area is 226 Å². The molecule has 0 aromatic heterocycles. The molecule has 1 N–H and O–H groups in total. The van der Waals surface area contributed by atoms with Gasteiger partial charge in [-0.25, -0.2) is 0 Å². The van der Waals surface area contributed by atoms with E-state index < -0.39 is 11.5 Å². The Morgan fingerprint density at radius 3 is 2.42 bits per heavy atom. The smallest absolute Gasteiger partial charge is 0.150 e. The van der Waals surface area contributed by atoms with Crippen molar-refractivity contribution in [3.05, 3.63) is 69.7 Å². The molecule has 6 heteroatoms. The third-order valence-electron chi connectivity index (χ3n) is 7.73. The maximum atomic E-state index is 13.8. The first kappa shape index (κ1) is 27.1. The lowest BCUT2D eigenvalue weighted by molar-refractivity contribution is -0.121. The molecule has 0 bridgehead atoms. The van der Waals surface area contributed by atoms with Gasteiger partial charge in [0.2, 0.25) is 0 Å². The van der Waals surface area contributed by atoms with Gasteiger partial charge < -0.3 is 10.2 Å². The predicted octanol–water partition coefficient (Wildman–Crippen LogP) is 6.76. The van der Waals surface area contributed by atoms with Crippen LogP contribution >= 0.6 is 23.2 Å². The van der Waals surface area contributed by atoms with Gasteiger partial charge in [0.15, 0.2) is 5.78 Å². The number of nitrogens with zero attached hydrogens (tertiary/aromatic N) is 2. The minimum absolute atomic E-state index is 0.0429. The summed E-state index contributed by atoms with van der Waals surface area (Å²) in [6, 6.07) is 17.3. The number of halogens is 2. The average molecular weight is 527 g/mol. The van der Waals surface area contributed by atoms with Gasteiger partial charge >= 0.3 is 0 Å². The summed E-state index contributed by atoms with van der Waals surface area (Å²) in [5, 5.41) is 15.9. The zero-order valence-corrected chi connectivity index (χ0v) is 23.1. The van der Waals surface area contributed by atoms with E-state index >= 15 is 0 Å². The Morgan fingerprint density at radius 2 is 1.81 bits per heavy atom. The number of hydrogen-bond acceptors (Lipinski definition) is 4. The molecule has 4 atom stereocenters. The number of nitrogens with one attached hydrogen (secondary N) is 1. The Bertz CT molecular complexity index is 1100. The van der Waals surface area contributed by atoms with E-state index in [1.54, 1.807) is 0 Å². The molecule has 36 heavy (non-hydrogen) atoms. The van der Waals surface area contributed by atoms with Gasteiger partial charge in [-0.05, 0) is 86.1 Å². The van der Waals surface area contributed by atoms with Gasteiger partial charge in [-0.3, -0.25) is 4.79 Å². The van der Waals surface area contributed by atoms with E-state index in [1.807, 2.05) is 48.5 Å². The molecule has 2 aliphatic rings. The lowest BCUT2D eigenvalue weighted by atomic mass is 9.62. The van der Waals surface area contributed by atoms with Crippen molar-refractivity contribution in [2.45, 2.75) is 76.3 Å². The van der Waals surface area contributed by atoms with Crippen molar-refractivity contribution < 1.29 is 4.79 Å². The van der Waals surface area contributed by atoms with E-state index in [-0.39, 0.29) is 23.2 Å². The van der Waals surface area contributed by atoms with Crippen LogP contribution in [0.3, 0.4) is 0 Å². The highest BCUT2D eigenvalue weighted by Gasteiger charge is 2.59. The summed E-state index contributed by atoms with van der Waals surface area (Å²) in [4.78, 5) is 16.3. The standard InChI is InChI=1S/C30H37Cl2N3O/c1-29(2,3)19-26-30(20-33,22-11-13-23(31)14-12-22)27(21-8-6-9-24(32)18-21)28(34-26)25(36)10-7-17-35-15-4-5-16-35/h6,8-9,11-14,18,26-28,34H,4-5,7,10,15-17,19H2,1-3H3/t26-,27-,28-,30-/m0/s1. The summed E-state index contributed by atoms with van der Waals surface area (Å²) in [7, 11) is 0.